The molecule has 23 heavy (non-hydrogen) atoms. The van der Waals surface area contributed by atoms with E-state index in [-0.39, 0.29) is 63.0 Å². The number of aliphatic hydroxyl groups is 1. The second kappa shape index (κ2) is 9.99. The van der Waals surface area contributed by atoms with Gasteiger partial charge in [0, 0.05) is 18.4 Å². The van der Waals surface area contributed by atoms with E-state index >= 15 is 0 Å². The molecule has 0 radical (unpaired) electrons. The number of rotatable bonds is 5. The Morgan fingerprint density at radius 1 is 1.04 bits per heavy atom. The third kappa shape index (κ3) is 4.10. The van der Waals surface area contributed by atoms with E-state index in [4.69, 9.17) is 0 Å². The van der Waals surface area contributed by atoms with E-state index in [0.29, 0.717) is 11.8 Å². The molecule has 2 unspecified atom stereocenters. The normalized spacial score (nSPS) is 20.2. The van der Waals surface area contributed by atoms with Gasteiger partial charge in [-0.1, -0.05) is 67.6 Å². The molecule has 1 nitrogen and oxygen atoms in total. The first-order valence-corrected chi connectivity index (χ1v) is 7.55. The van der Waals surface area contributed by atoms with E-state index in [0.717, 1.165) is 12.8 Å². The number of halogens is 2. The summed E-state index contributed by atoms with van der Waals surface area (Å²) in [6, 6.07) is 8.65. The van der Waals surface area contributed by atoms with E-state index in [9.17, 15) is 5.11 Å². The molecule has 2 aliphatic rings. The van der Waals surface area contributed by atoms with Crippen molar-refractivity contribution < 1.29 is 56.1 Å². The van der Waals surface area contributed by atoms with E-state index in [1.54, 1.807) is 0 Å². The fourth-order valence-electron chi connectivity index (χ4n) is 3.94. The molecule has 2 atom stereocenters. The molecule has 0 amide bonds. The van der Waals surface area contributed by atoms with Crippen LogP contribution in [0.4, 0.5) is 0 Å². The van der Waals surface area contributed by atoms with Gasteiger partial charge in [-0.15, -0.1) is 0 Å². The van der Waals surface area contributed by atoms with Crippen LogP contribution >= 0.6 is 0 Å². The van der Waals surface area contributed by atoms with Crippen LogP contribution in [0.3, 0.4) is 0 Å². The van der Waals surface area contributed by atoms with Gasteiger partial charge in [-0.05, 0) is 29.4 Å². The Morgan fingerprint density at radius 2 is 1.70 bits per heavy atom. The van der Waals surface area contributed by atoms with E-state index in [2.05, 4.69) is 67.6 Å². The van der Waals surface area contributed by atoms with Crippen LogP contribution in [0, 0.1) is 11.3 Å². The molecule has 4 heteroatoms. The molecule has 2 aliphatic carbocycles. The monoisotopic (exact) mass is 426 g/mol. The number of hydrogen-bond acceptors (Lipinski definition) is 1. The summed E-state index contributed by atoms with van der Waals surface area (Å²) in [5, 5.41) is 9.63. The first kappa shape index (κ1) is 22.9. The Labute approximate surface area is 170 Å². The molecular formula is C19H22Cl2OZr. The van der Waals surface area contributed by atoms with Gasteiger partial charge in [0.2, 0.25) is 0 Å². The predicted molar refractivity (Wildman–Crippen MR) is 84.4 cm³/mol. The second-order valence-corrected chi connectivity index (χ2v) is 5.82. The van der Waals surface area contributed by atoms with Crippen molar-refractivity contribution in [3.63, 3.8) is 0 Å². The molecule has 1 N–H and O–H groups in total. The average Bonchev–Trinajstić information content (AvgIpc) is 3.15. The second-order valence-electron chi connectivity index (χ2n) is 5.82. The summed E-state index contributed by atoms with van der Waals surface area (Å²) < 4.78 is 0. The van der Waals surface area contributed by atoms with Crippen molar-refractivity contribution >= 4 is 6.08 Å². The van der Waals surface area contributed by atoms with Crippen LogP contribution < -0.4 is 24.8 Å². The minimum atomic E-state index is 0. The molecule has 0 saturated heterocycles. The molecule has 0 aromatic heterocycles. The van der Waals surface area contributed by atoms with E-state index in [1.807, 2.05) is 0 Å². The Morgan fingerprint density at radius 3 is 2.30 bits per heavy atom. The number of benzene rings is 1. The van der Waals surface area contributed by atoms with Crippen molar-refractivity contribution in [2.45, 2.75) is 25.7 Å². The third-order valence-electron chi connectivity index (χ3n) is 5.07. The smallest absolute Gasteiger partial charge is 1.00 e. The number of fused-ring (bicyclic) bond motifs is 1. The number of hydrogen-bond donors (Lipinski definition) is 1. The molecular weight excluding hydrogens is 406 g/mol. The van der Waals surface area contributed by atoms with Gasteiger partial charge >= 0.3 is 26.2 Å². The Hall–Kier alpha value is -0.137. The molecule has 1 aromatic carbocycles. The van der Waals surface area contributed by atoms with Gasteiger partial charge in [-0.2, -0.15) is 0 Å². The van der Waals surface area contributed by atoms with Crippen molar-refractivity contribution in [2.24, 2.45) is 11.3 Å². The summed E-state index contributed by atoms with van der Waals surface area (Å²) in [5.74, 6) is 0.814. The van der Waals surface area contributed by atoms with Gasteiger partial charge in [0.05, 0.1) is 0 Å². The number of allylic oxidation sites excluding steroid dienone is 5. The first-order chi connectivity index (χ1) is 9.81. The van der Waals surface area contributed by atoms with E-state index in [1.165, 1.54) is 11.1 Å². The molecule has 0 heterocycles. The Bertz CT molecular complexity index is 570. The minimum absolute atomic E-state index is 0. The van der Waals surface area contributed by atoms with Gasteiger partial charge in [0.15, 0.2) is 0 Å². The fourth-order valence-corrected chi connectivity index (χ4v) is 3.94. The molecule has 0 fully saturated rings. The summed E-state index contributed by atoms with van der Waals surface area (Å²) in [6.07, 6.45) is 15.3. The van der Waals surface area contributed by atoms with Crippen LogP contribution in [-0.4, -0.2) is 11.7 Å². The van der Waals surface area contributed by atoms with Crippen molar-refractivity contribution in [3.05, 3.63) is 65.8 Å². The quantitative estimate of drug-likeness (QED) is 0.595. The standard InChI is InChI=1S/C19H22O.2ClH.Zr/c1-2-19(13-14-20,16-8-4-5-9-16)18-12-11-15-7-3-6-10-17(15)18;;;/h3-12,16,18,20H,2,13-14H2,1H3;2*1H;/q;;;+2/p-2. The van der Waals surface area contributed by atoms with Gasteiger partial charge < -0.3 is 29.9 Å². The minimum Gasteiger partial charge on any atom is -1.00 e. The van der Waals surface area contributed by atoms with Crippen molar-refractivity contribution in [2.75, 3.05) is 6.61 Å². The van der Waals surface area contributed by atoms with Crippen LogP contribution in [0.1, 0.15) is 36.8 Å². The third-order valence-corrected chi connectivity index (χ3v) is 5.07. The maximum absolute atomic E-state index is 9.63. The van der Waals surface area contributed by atoms with Crippen molar-refractivity contribution in [1.82, 2.24) is 0 Å². The Balaban J connectivity index is 0.00000161. The summed E-state index contributed by atoms with van der Waals surface area (Å²) in [7, 11) is 0. The zero-order valence-electron chi connectivity index (χ0n) is 13.3. The summed E-state index contributed by atoms with van der Waals surface area (Å²) in [4.78, 5) is 0. The van der Waals surface area contributed by atoms with Crippen LogP contribution in [0.2, 0.25) is 0 Å². The maximum atomic E-state index is 9.63. The molecule has 1 aromatic rings. The van der Waals surface area contributed by atoms with Gasteiger partial charge in [0.25, 0.3) is 0 Å². The van der Waals surface area contributed by atoms with Crippen LogP contribution in [0.15, 0.2) is 54.6 Å². The van der Waals surface area contributed by atoms with Gasteiger partial charge in [0.1, 0.15) is 0 Å². The molecule has 3 rings (SSSR count). The van der Waals surface area contributed by atoms with Gasteiger partial charge in [-0.25, -0.2) is 0 Å². The van der Waals surface area contributed by atoms with Gasteiger partial charge in [-0.3, -0.25) is 0 Å². The van der Waals surface area contributed by atoms with Crippen molar-refractivity contribution in [3.8, 4) is 0 Å². The molecule has 0 aliphatic heterocycles. The summed E-state index contributed by atoms with van der Waals surface area (Å²) in [5.41, 5.74) is 2.83. The largest absolute Gasteiger partial charge is 2.00 e. The maximum Gasteiger partial charge on any atom is 2.00 e. The summed E-state index contributed by atoms with van der Waals surface area (Å²) >= 11 is 0. The topological polar surface area (TPSA) is 20.2 Å². The Kier molecular flexibility index (Phi) is 9.93. The SMILES string of the molecule is CCC(CCO)(C1C=CC=C1)C1C=Cc2ccccc21.[Cl-].[Cl-].[Zr+2]. The fraction of sp³-hybridized carbons (Fsp3) is 0.368. The molecule has 0 saturated carbocycles. The molecule has 0 bridgehead atoms. The van der Waals surface area contributed by atoms with E-state index < -0.39 is 0 Å². The first-order valence-electron chi connectivity index (χ1n) is 7.55. The van der Waals surface area contributed by atoms with Crippen molar-refractivity contribution in [1.29, 1.82) is 0 Å². The zero-order chi connectivity index (χ0) is 14.0. The van der Waals surface area contributed by atoms with Crippen LogP contribution in [-0.2, 0) is 26.2 Å². The zero-order valence-corrected chi connectivity index (χ0v) is 17.2. The van der Waals surface area contributed by atoms with Crippen LogP contribution in [0.5, 0.6) is 0 Å². The molecule has 122 valence electrons. The number of aliphatic hydroxyl groups excluding tert-OH is 1. The average molecular weight is 429 g/mol. The molecule has 0 spiro atoms. The van der Waals surface area contributed by atoms with Crippen LogP contribution in [0.25, 0.3) is 6.08 Å². The summed E-state index contributed by atoms with van der Waals surface area (Å²) in [6.45, 7) is 2.50. The predicted octanol–water partition coefficient (Wildman–Crippen LogP) is -1.68.